The summed E-state index contributed by atoms with van der Waals surface area (Å²) in [5.74, 6) is 1.60. The van der Waals surface area contributed by atoms with Gasteiger partial charge in [0.2, 0.25) is 5.89 Å². The van der Waals surface area contributed by atoms with Crippen LogP contribution in [0.4, 0.5) is 0 Å². The fraction of sp³-hybridized carbons (Fsp3) is 0.357. The number of hydrogen-bond donors (Lipinski definition) is 1. The number of nitrogens with zero attached hydrogens (tertiary/aromatic N) is 1. The van der Waals surface area contributed by atoms with E-state index in [1.54, 1.807) is 6.20 Å². The number of benzene rings is 1. The van der Waals surface area contributed by atoms with Crippen LogP contribution >= 0.6 is 11.6 Å². The maximum atomic E-state index is 6.00. The topological polar surface area (TPSA) is 38.1 Å². The second kappa shape index (κ2) is 4.75. The van der Waals surface area contributed by atoms with Crippen molar-refractivity contribution in [3.63, 3.8) is 0 Å². The van der Waals surface area contributed by atoms with Gasteiger partial charge >= 0.3 is 0 Å². The molecule has 94 valence electrons. The van der Waals surface area contributed by atoms with Crippen molar-refractivity contribution in [3.8, 4) is 0 Å². The molecule has 2 aromatic rings. The van der Waals surface area contributed by atoms with Crippen molar-refractivity contribution in [3.05, 3.63) is 52.2 Å². The van der Waals surface area contributed by atoms with Crippen LogP contribution in [0.3, 0.4) is 0 Å². The highest BCUT2D eigenvalue weighted by molar-refractivity contribution is 6.30. The SMILES string of the molecule is Cc1cnc(CNC2CCc3cc(Cl)ccc32)o1. The molecule has 18 heavy (non-hydrogen) atoms. The molecule has 1 heterocycles. The Morgan fingerprint density at radius 1 is 1.50 bits per heavy atom. The third kappa shape index (κ3) is 2.28. The Balaban J connectivity index is 1.69. The van der Waals surface area contributed by atoms with Crippen LogP contribution in [-0.2, 0) is 13.0 Å². The van der Waals surface area contributed by atoms with Gasteiger partial charge in [0.05, 0.1) is 12.7 Å². The molecule has 0 radical (unpaired) electrons. The van der Waals surface area contributed by atoms with E-state index in [2.05, 4.69) is 22.4 Å². The van der Waals surface area contributed by atoms with Crippen molar-refractivity contribution in [2.24, 2.45) is 0 Å². The molecular weight excluding hydrogens is 248 g/mol. The number of oxazole rings is 1. The summed E-state index contributed by atoms with van der Waals surface area (Å²) < 4.78 is 5.46. The highest BCUT2D eigenvalue weighted by Gasteiger charge is 2.22. The van der Waals surface area contributed by atoms with Crippen molar-refractivity contribution in [2.75, 3.05) is 0 Å². The van der Waals surface area contributed by atoms with Gasteiger partial charge in [0.15, 0.2) is 0 Å². The molecule has 1 atom stereocenters. The van der Waals surface area contributed by atoms with Gasteiger partial charge < -0.3 is 9.73 Å². The Morgan fingerprint density at radius 2 is 2.39 bits per heavy atom. The number of nitrogens with one attached hydrogen (secondary N) is 1. The molecule has 0 bridgehead atoms. The van der Waals surface area contributed by atoms with Gasteiger partial charge in [-0.3, -0.25) is 0 Å². The Hall–Kier alpha value is -1.32. The van der Waals surface area contributed by atoms with Crippen LogP contribution in [0.5, 0.6) is 0 Å². The lowest BCUT2D eigenvalue weighted by Gasteiger charge is -2.12. The zero-order valence-corrected chi connectivity index (χ0v) is 11.0. The van der Waals surface area contributed by atoms with E-state index < -0.39 is 0 Å². The minimum Gasteiger partial charge on any atom is -0.445 e. The van der Waals surface area contributed by atoms with E-state index in [0.29, 0.717) is 12.6 Å². The number of fused-ring (bicyclic) bond motifs is 1. The molecule has 1 aliphatic rings. The second-order valence-corrected chi connectivity index (χ2v) is 5.12. The molecule has 0 saturated heterocycles. The van der Waals surface area contributed by atoms with Crippen LogP contribution in [0.15, 0.2) is 28.8 Å². The summed E-state index contributed by atoms with van der Waals surface area (Å²) in [7, 11) is 0. The van der Waals surface area contributed by atoms with Crippen molar-refractivity contribution in [2.45, 2.75) is 32.4 Å². The van der Waals surface area contributed by atoms with Crippen LogP contribution in [0, 0.1) is 6.92 Å². The lowest BCUT2D eigenvalue weighted by atomic mass is 10.1. The molecule has 4 heteroatoms. The molecule has 1 unspecified atom stereocenters. The van der Waals surface area contributed by atoms with Gasteiger partial charge in [0.1, 0.15) is 5.76 Å². The van der Waals surface area contributed by atoms with Crippen LogP contribution in [0.25, 0.3) is 0 Å². The fourth-order valence-corrected chi connectivity index (χ4v) is 2.69. The molecule has 0 amide bonds. The van der Waals surface area contributed by atoms with Gasteiger partial charge in [0, 0.05) is 11.1 Å². The number of halogens is 1. The molecule has 1 aliphatic carbocycles. The maximum Gasteiger partial charge on any atom is 0.208 e. The Morgan fingerprint density at radius 3 is 3.17 bits per heavy atom. The number of rotatable bonds is 3. The first-order valence-corrected chi connectivity index (χ1v) is 6.53. The van der Waals surface area contributed by atoms with Gasteiger partial charge in [0.25, 0.3) is 0 Å². The van der Waals surface area contributed by atoms with E-state index in [0.717, 1.165) is 29.5 Å². The number of hydrogen-bond acceptors (Lipinski definition) is 3. The Kier molecular flexibility index (Phi) is 3.10. The molecule has 0 saturated carbocycles. The van der Waals surface area contributed by atoms with Crippen molar-refractivity contribution in [1.29, 1.82) is 0 Å². The lowest BCUT2D eigenvalue weighted by Crippen LogP contribution is -2.18. The molecule has 0 aliphatic heterocycles. The van der Waals surface area contributed by atoms with E-state index >= 15 is 0 Å². The van der Waals surface area contributed by atoms with Crippen molar-refractivity contribution >= 4 is 11.6 Å². The molecule has 1 aromatic heterocycles. The summed E-state index contributed by atoms with van der Waals surface area (Å²) in [6.45, 7) is 2.57. The average Bonchev–Trinajstić information content (AvgIpc) is 2.92. The summed E-state index contributed by atoms with van der Waals surface area (Å²) in [6, 6.07) is 6.51. The predicted molar refractivity (Wildman–Crippen MR) is 70.6 cm³/mol. The molecular formula is C14H15ClN2O. The molecule has 3 rings (SSSR count). The van der Waals surface area contributed by atoms with E-state index in [-0.39, 0.29) is 0 Å². The summed E-state index contributed by atoms with van der Waals surface area (Å²) in [5.41, 5.74) is 2.70. The second-order valence-electron chi connectivity index (χ2n) is 4.68. The van der Waals surface area contributed by atoms with Gasteiger partial charge in [-0.25, -0.2) is 4.98 Å². The Labute approximate surface area is 111 Å². The van der Waals surface area contributed by atoms with E-state index in [1.807, 2.05) is 13.0 Å². The van der Waals surface area contributed by atoms with Crippen LogP contribution in [0.2, 0.25) is 5.02 Å². The fourth-order valence-electron chi connectivity index (χ4n) is 2.49. The third-order valence-corrected chi connectivity index (χ3v) is 3.59. The third-order valence-electron chi connectivity index (χ3n) is 3.35. The summed E-state index contributed by atoms with van der Waals surface area (Å²) in [4.78, 5) is 4.20. The summed E-state index contributed by atoms with van der Waals surface area (Å²) in [6.07, 6.45) is 3.94. The lowest BCUT2D eigenvalue weighted by molar-refractivity contribution is 0.423. The van der Waals surface area contributed by atoms with Gasteiger partial charge in [-0.05, 0) is 43.0 Å². The normalized spacial score (nSPS) is 18.0. The minimum atomic E-state index is 0.379. The summed E-state index contributed by atoms with van der Waals surface area (Å²) in [5, 5.41) is 4.30. The highest BCUT2D eigenvalue weighted by atomic mass is 35.5. The van der Waals surface area contributed by atoms with Crippen LogP contribution < -0.4 is 5.32 Å². The first kappa shape index (κ1) is 11.8. The van der Waals surface area contributed by atoms with Crippen LogP contribution in [0.1, 0.15) is 35.2 Å². The molecule has 0 spiro atoms. The van der Waals surface area contributed by atoms with Gasteiger partial charge in [-0.2, -0.15) is 0 Å². The molecule has 3 nitrogen and oxygen atoms in total. The summed E-state index contributed by atoms with van der Waals surface area (Å²) >= 11 is 6.00. The Bertz CT molecular complexity index is 565. The highest BCUT2D eigenvalue weighted by Crippen LogP contribution is 2.32. The van der Waals surface area contributed by atoms with Crippen LogP contribution in [-0.4, -0.2) is 4.98 Å². The number of aryl methyl sites for hydroxylation is 2. The standard InChI is InChI=1S/C14H15ClN2O/c1-9-7-17-14(18-9)8-16-13-5-2-10-6-11(15)3-4-12(10)13/h3-4,6-7,13,16H,2,5,8H2,1H3. The first-order chi connectivity index (χ1) is 8.72. The quantitative estimate of drug-likeness (QED) is 0.921. The molecule has 0 fully saturated rings. The van der Waals surface area contributed by atoms with E-state index in [1.165, 1.54) is 11.1 Å². The first-order valence-electron chi connectivity index (χ1n) is 6.15. The van der Waals surface area contributed by atoms with E-state index in [4.69, 9.17) is 16.0 Å². The van der Waals surface area contributed by atoms with E-state index in [9.17, 15) is 0 Å². The zero-order valence-electron chi connectivity index (χ0n) is 10.2. The maximum absolute atomic E-state index is 6.00. The van der Waals surface area contributed by atoms with Gasteiger partial charge in [-0.15, -0.1) is 0 Å². The van der Waals surface area contributed by atoms with Gasteiger partial charge in [-0.1, -0.05) is 17.7 Å². The number of aromatic nitrogens is 1. The average molecular weight is 263 g/mol. The van der Waals surface area contributed by atoms with Crippen molar-refractivity contribution < 1.29 is 4.42 Å². The monoisotopic (exact) mass is 262 g/mol. The molecule has 1 aromatic carbocycles. The zero-order chi connectivity index (χ0) is 12.5. The minimum absolute atomic E-state index is 0.379. The van der Waals surface area contributed by atoms with Crippen molar-refractivity contribution in [1.82, 2.24) is 10.3 Å². The molecule has 1 N–H and O–H groups in total. The predicted octanol–water partition coefficient (Wildman–Crippen LogP) is 3.41. The smallest absolute Gasteiger partial charge is 0.208 e. The largest absolute Gasteiger partial charge is 0.445 e.